The first-order valence-corrected chi connectivity index (χ1v) is 8.94. The first-order chi connectivity index (χ1) is 13.3. The quantitative estimate of drug-likeness (QED) is 0.565. The number of hydrogen-bond acceptors (Lipinski definition) is 4. The summed E-state index contributed by atoms with van der Waals surface area (Å²) in [5, 5.41) is 0. The van der Waals surface area contributed by atoms with Gasteiger partial charge in [0, 0.05) is 49.0 Å². The van der Waals surface area contributed by atoms with Crippen molar-refractivity contribution in [3.05, 3.63) is 73.3 Å². The van der Waals surface area contributed by atoms with Gasteiger partial charge < -0.3 is 9.47 Å². The van der Waals surface area contributed by atoms with Crippen molar-refractivity contribution in [3.8, 4) is 11.3 Å². The first-order valence-electron chi connectivity index (χ1n) is 8.94. The highest BCUT2D eigenvalue weighted by molar-refractivity contribution is 5.94. The predicted molar refractivity (Wildman–Crippen MR) is 100 cm³/mol. The van der Waals surface area contributed by atoms with Crippen LogP contribution in [0.3, 0.4) is 0 Å². The molecule has 0 radical (unpaired) electrons. The van der Waals surface area contributed by atoms with Gasteiger partial charge in [-0.3, -0.25) is 14.2 Å². The Morgan fingerprint density at radius 1 is 1.04 bits per heavy atom. The van der Waals surface area contributed by atoms with Crippen molar-refractivity contribution in [1.29, 1.82) is 0 Å². The molecule has 1 aliphatic heterocycles. The van der Waals surface area contributed by atoms with Crippen LogP contribution in [0.25, 0.3) is 16.9 Å². The monoisotopic (exact) mass is 358 g/mol. The fourth-order valence-electron chi connectivity index (χ4n) is 3.68. The molecule has 134 valence electrons. The molecule has 0 N–H and O–H groups in total. The molecule has 1 atom stereocenters. The standard InChI is InChI=1S/C20H18N6O/c27-20(24-8-5-17(13-24)25-9-6-22-14-25)16-3-1-15(2-4-16)18-11-23-19-12-21-7-10-26(18)19/h1-4,6-7,9-12,14,17H,5,8,13H2. The lowest BCUT2D eigenvalue weighted by Crippen LogP contribution is -2.29. The first kappa shape index (κ1) is 15.7. The van der Waals surface area contributed by atoms with E-state index in [0.29, 0.717) is 11.6 Å². The number of carbonyl (C=O) groups excluding carboxylic acids is 1. The molecule has 5 rings (SSSR count). The Hall–Kier alpha value is -3.48. The zero-order valence-corrected chi connectivity index (χ0v) is 14.6. The fourth-order valence-corrected chi connectivity index (χ4v) is 3.68. The molecular formula is C20H18N6O. The maximum absolute atomic E-state index is 12.8. The lowest BCUT2D eigenvalue weighted by atomic mass is 10.1. The molecule has 1 aromatic carbocycles. The van der Waals surface area contributed by atoms with Gasteiger partial charge in [0.2, 0.25) is 0 Å². The second-order valence-electron chi connectivity index (χ2n) is 6.73. The highest BCUT2D eigenvalue weighted by Crippen LogP contribution is 2.25. The van der Waals surface area contributed by atoms with E-state index in [4.69, 9.17) is 0 Å². The van der Waals surface area contributed by atoms with E-state index in [0.717, 1.165) is 36.4 Å². The van der Waals surface area contributed by atoms with Crippen molar-refractivity contribution >= 4 is 11.6 Å². The molecule has 0 aliphatic carbocycles. The summed E-state index contributed by atoms with van der Waals surface area (Å²) < 4.78 is 4.07. The Balaban J connectivity index is 1.35. The number of rotatable bonds is 3. The van der Waals surface area contributed by atoms with Crippen molar-refractivity contribution in [1.82, 2.24) is 28.8 Å². The lowest BCUT2D eigenvalue weighted by Gasteiger charge is -2.17. The minimum absolute atomic E-state index is 0.0755. The molecule has 1 amide bonds. The molecule has 0 spiro atoms. The average molecular weight is 358 g/mol. The van der Waals surface area contributed by atoms with Crippen LogP contribution in [0.2, 0.25) is 0 Å². The number of imidazole rings is 2. The summed E-state index contributed by atoms with van der Waals surface area (Å²) in [5.41, 5.74) is 3.51. The molecule has 0 saturated carbocycles. The van der Waals surface area contributed by atoms with E-state index >= 15 is 0 Å². The summed E-state index contributed by atoms with van der Waals surface area (Å²) in [6.45, 7) is 1.49. The minimum Gasteiger partial charge on any atom is -0.336 e. The van der Waals surface area contributed by atoms with Gasteiger partial charge in [0.15, 0.2) is 5.65 Å². The molecule has 1 fully saturated rings. The van der Waals surface area contributed by atoms with Gasteiger partial charge in [0.05, 0.1) is 30.5 Å². The molecule has 7 heteroatoms. The van der Waals surface area contributed by atoms with Gasteiger partial charge in [0.1, 0.15) is 0 Å². The zero-order valence-electron chi connectivity index (χ0n) is 14.6. The average Bonchev–Trinajstić information content (AvgIpc) is 3.47. The number of hydrogen-bond donors (Lipinski definition) is 0. The fraction of sp³-hybridized carbons (Fsp3) is 0.200. The Morgan fingerprint density at radius 2 is 1.89 bits per heavy atom. The third kappa shape index (κ3) is 2.77. The summed E-state index contributed by atoms with van der Waals surface area (Å²) >= 11 is 0. The smallest absolute Gasteiger partial charge is 0.253 e. The van der Waals surface area contributed by atoms with Crippen molar-refractivity contribution in [2.45, 2.75) is 12.5 Å². The Morgan fingerprint density at radius 3 is 2.70 bits per heavy atom. The Kier molecular flexibility index (Phi) is 3.71. The summed E-state index contributed by atoms with van der Waals surface area (Å²) in [5.74, 6) is 0.0755. The van der Waals surface area contributed by atoms with Crippen LogP contribution in [-0.4, -0.2) is 47.8 Å². The van der Waals surface area contributed by atoms with E-state index in [2.05, 4.69) is 19.5 Å². The molecule has 3 aromatic heterocycles. The number of benzene rings is 1. The number of likely N-dealkylation sites (tertiary alicyclic amines) is 1. The van der Waals surface area contributed by atoms with Crippen molar-refractivity contribution < 1.29 is 4.79 Å². The summed E-state index contributed by atoms with van der Waals surface area (Å²) in [4.78, 5) is 27.3. The van der Waals surface area contributed by atoms with Gasteiger partial charge in [-0.25, -0.2) is 9.97 Å². The highest BCUT2D eigenvalue weighted by atomic mass is 16.2. The molecule has 27 heavy (non-hydrogen) atoms. The normalized spacial score (nSPS) is 16.9. The molecule has 1 saturated heterocycles. The van der Waals surface area contributed by atoms with Gasteiger partial charge >= 0.3 is 0 Å². The van der Waals surface area contributed by atoms with E-state index < -0.39 is 0 Å². The highest BCUT2D eigenvalue weighted by Gasteiger charge is 2.27. The van der Waals surface area contributed by atoms with Crippen LogP contribution in [0.5, 0.6) is 0 Å². The summed E-state index contributed by atoms with van der Waals surface area (Å²) in [7, 11) is 0. The lowest BCUT2D eigenvalue weighted by molar-refractivity contribution is 0.0787. The van der Waals surface area contributed by atoms with Gasteiger partial charge in [-0.1, -0.05) is 12.1 Å². The number of aromatic nitrogens is 5. The maximum atomic E-state index is 12.8. The summed E-state index contributed by atoms with van der Waals surface area (Å²) in [6.07, 6.45) is 13.7. The SMILES string of the molecule is O=C(c1ccc(-c2cnc3cnccn23)cc1)N1CCC(n2ccnc2)C1. The van der Waals surface area contributed by atoms with Gasteiger partial charge in [-0.15, -0.1) is 0 Å². The zero-order chi connectivity index (χ0) is 18.2. The molecule has 4 aromatic rings. The van der Waals surface area contributed by atoms with Crippen LogP contribution in [0, 0.1) is 0 Å². The van der Waals surface area contributed by atoms with Crippen LogP contribution < -0.4 is 0 Å². The third-order valence-electron chi connectivity index (χ3n) is 5.14. The number of nitrogens with zero attached hydrogens (tertiary/aromatic N) is 6. The number of amides is 1. The second-order valence-corrected chi connectivity index (χ2v) is 6.73. The molecule has 0 bridgehead atoms. The molecule has 7 nitrogen and oxygen atoms in total. The number of carbonyl (C=O) groups is 1. The number of fused-ring (bicyclic) bond motifs is 1. The largest absolute Gasteiger partial charge is 0.336 e. The third-order valence-corrected chi connectivity index (χ3v) is 5.14. The summed E-state index contributed by atoms with van der Waals surface area (Å²) in [6, 6.07) is 8.04. The molecule has 4 heterocycles. The minimum atomic E-state index is 0.0755. The van der Waals surface area contributed by atoms with Crippen molar-refractivity contribution in [2.24, 2.45) is 0 Å². The van der Waals surface area contributed by atoms with Gasteiger partial charge in [-0.2, -0.15) is 0 Å². The maximum Gasteiger partial charge on any atom is 0.253 e. The Labute approximate surface area is 155 Å². The van der Waals surface area contributed by atoms with Crippen LogP contribution in [0.4, 0.5) is 0 Å². The molecular weight excluding hydrogens is 340 g/mol. The molecule has 1 unspecified atom stereocenters. The van der Waals surface area contributed by atoms with Crippen molar-refractivity contribution in [3.63, 3.8) is 0 Å². The van der Waals surface area contributed by atoms with Crippen molar-refractivity contribution in [2.75, 3.05) is 13.1 Å². The van der Waals surface area contributed by atoms with Crippen LogP contribution in [0.1, 0.15) is 22.8 Å². The topological polar surface area (TPSA) is 68.3 Å². The van der Waals surface area contributed by atoms with Crippen LogP contribution in [0.15, 0.2) is 67.8 Å². The van der Waals surface area contributed by atoms with Gasteiger partial charge in [0.25, 0.3) is 5.91 Å². The molecule has 1 aliphatic rings. The van der Waals surface area contributed by atoms with E-state index in [9.17, 15) is 4.79 Å². The van der Waals surface area contributed by atoms with E-state index in [1.165, 1.54) is 0 Å². The predicted octanol–water partition coefficient (Wildman–Crippen LogP) is 2.68. The van der Waals surface area contributed by atoms with E-state index in [1.54, 1.807) is 18.6 Å². The van der Waals surface area contributed by atoms with Crippen LogP contribution >= 0.6 is 0 Å². The Bertz CT molecular complexity index is 1080. The van der Waals surface area contributed by atoms with Crippen LogP contribution in [-0.2, 0) is 0 Å². The van der Waals surface area contributed by atoms with E-state index in [1.807, 2.05) is 58.5 Å². The van der Waals surface area contributed by atoms with Gasteiger partial charge in [-0.05, 0) is 18.6 Å². The second kappa shape index (κ2) is 6.35. The van der Waals surface area contributed by atoms with E-state index in [-0.39, 0.29) is 5.91 Å².